The summed E-state index contributed by atoms with van der Waals surface area (Å²) in [5.74, 6) is 0.114. The highest BCUT2D eigenvalue weighted by atomic mass is 32.2. The maximum atomic E-state index is 12.0. The van der Waals surface area contributed by atoms with Crippen LogP contribution in [0.15, 0.2) is 53.4 Å². The van der Waals surface area contributed by atoms with Crippen molar-refractivity contribution in [3.8, 4) is 11.5 Å². The van der Waals surface area contributed by atoms with Crippen molar-refractivity contribution in [3.63, 3.8) is 0 Å². The zero-order valence-electron chi connectivity index (χ0n) is 10.9. The van der Waals surface area contributed by atoms with Gasteiger partial charge in [0.05, 0.1) is 0 Å². The lowest BCUT2D eigenvalue weighted by Crippen LogP contribution is -2.09. The van der Waals surface area contributed by atoms with Gasteiger partial charge in [-0.1, -0.05) is 17.7 Å². The van der Waals surface area contributed by atoms with Gasteiger partial charge >= 0.3 is 10.1 Å². The molecule has 6 nitrogen and oxygen atoms in total. The molecule has 0 spiro atoms. The predicted molar refractivity (Wildman–Crippen MR) is 75.0 cm³/mol. The van der Waals surface area contributed by atoms with E-state index >= 15 is 0 Å². The van der Waals surface area contributed by atoms with Crippen LogP contribution in [0.1, 0.15) is 5.56 Å². The van der Waals surface area contributed by atoms with Gasteiger partial charge in [0.15, 0.2) is 0 Å². The lowest BCUT2D eigenvalue weighted by atomic mass is 10.2. The van der Waals surface area contributed by atoms with E-state index < -0.39 is 21.5 Å². The van der Waals surface area contributed by atoms with Gasteiger partial charge in [0.1, 0.15) is 27.8 Å². The van der Waals surface area contributed by atoms with Crippen molar-refractivity contribution >= 4 is 21.5 Å². The van der Waals surface area contributed by atoms with Crippen LogP contribution in [0.3, 0.4) is 0 Å². The SMILES string of the molecule is Cc1ccc(S(=O)(=O)Oc2ccc(OS(=O)[O-])cc2)cc1. The molecule has 0 amide bonds. The van der Waals surface area contributed by atoms with Crippen LogP contribution in [-0.2, 0) is 21.5 Å². The van der Waals surface area contributed by atoms with E-state index in [-0.39, 0.29) is 16.4 Å². The van der Waals surface area contributed by atoms with Gasteiger partial charge in [-0.05, 0) is 43.3 Å². The summed E-state index contributed by atoms with van der Waals surface area (Å²) in [7, 11) is -3.93. The zero-order valence-corrected chi connectivity index (χ0v) is 12.5. The summed E-state index contributed by atoms with van der Waals surface area (Å²) in [6, 6.07) is 11.4. The molecule has 0 aliphatic heterocycles. The molecule has 0 N–H and O–H groups in total. The highest BCUT2D eigenvalue weighted by molar-refractivity contribution is 7.87. The lowest BCUT2D eigenvalue weighted by Gasteiger charge is -2.09. The molecule has 0 bridgehead atoms. The number of hydrogen-bond donors (Lipinski definition) is 0. The Morgan fingerprint density at radius 1 is 0.952 bits per heavy atom. The van der Waals surface area contributed by atoms with Crippen LogP contribution >= 0.6 is 0 Å². The van der Waals surface area contributed by atoms with Crippen molar-refractivity contribution < 1.29 is 25.5 Å². The molecule has 1 atom stereocenters. The number of aryl methyl sites for hydroxylation is 1. The average molecular weight is 327 g/mol. The molecule has 0 saturated carbocycles. The summed E-state index contributed by atoms with van der Waals surface area (Å²) >= 11 is -2.68. The van der Waals surface area contributed by atoms with E-state index in [9.17, 15) is 17.2 Å². The van der Waals surface area contributed by atoms with Crippen molar-refractivity contribution in [2.45, 2.75) is 11.8 Å². The van der Waals surface area contributed by atoms with Crippen molar-refractivity contribution in [2.75, 3.05) is 0 Å². The van der Waals surface area contributed by atoms with E-state index in [1.807, 2.05) is 6.92 Å². The van der Waals surface area contributed by atoms with Gasteiger partial charge < -0.3 is 12.9 Å². The van der Waals surface area contributed by atoms with Gasteiger partial charge in [-0.15, -0.1) is 0 Å². The Balaban J connectivity index is 2.16. The maximum absolute atomic E-state index is 12.0. The normalized spacial score (nSPS) is 12.7. The minimum absolute atomic E-state index is 0.0362. The first kappa shape index (κ1) is 15.5. The summed E-state index contributed by atoms with van der Waals surface area (Å²) in [4.78, 5) is 0.0362. The van der Waals surface area contributed by atoms with E-state index in [0.717, 1.165) is 5.56 Å². The van der Waals surface area contributed by atoms with Gasteiger partial charge in [0.25, 0.3) is 0 Å². The lowest BCUT2D eigenvalue weighted by molar-refractivity contribution is 0.439. The van der Waals surface area contributed by atoms with Crippen LogP contribution in [0.4, 0.5) is 0 Å². The molecule has 0 aliphatic carbocycles. The molecular weight excluding hydrogens is 316 g/mol. The van der Waals surface area contributed by atoms with Crippen molar-refractivity contribution in [1.29, 1.82) is 0 Å². The second-order valence-corrected chi connectivity index (χ2v) is 6.23. The van der Waals surface area contributed by atoms with Gasteiger partial charge in [-0.25, -0.2) is 4.21 Å². The smallest absolute Gasteiger partial charge is 0.339 e. The van der Waals surface area contributed by atoms with Gasteiger partial charge in [-0.3, -0.25) is 0 Å². The molecule has 112 valence electrons. The van der Waals surface area contributed by atoms with Gasteiger partial charge in [-0.2, -0.15) is 8.42 Å². The Kier molecular flexibility index (Phi) is 4.61. The maximum Gasteiger partial charge on any atom is 0.339 e. The molecule has 0 saturated heterocycles. The first-order chi connectivity index (χ1) is 9.87. The fraction of sp³-hybridized carbons (Fsp3) is 0.0769. The minimum Gasteiger partial charge on any atom is -0.740 e. The van der Waals surface area contributed by atoms with Gasteiger partial charge in [0, 0.05) is 0 Å². The summed E-state index contributed by atoms with van der Waals surface area (Å²) in [6.45, 7) is 1.84. The topological polar surface area (TPSA) is 92.7 Å². The molecule has 0 fully saturated rings. The quantitative estimate of drug-likeness (QED) is 0.615. The van der Waals surface area contributed by atoms with E-state index in [2.05, 4.69) is 4.18 Å². The molecule has 0 heterocycles. The molecule has 8 heteroatoms. The number of rotatable bonds is 5. The molecule has 0 aliphatic rings. The summed E-state index contributed by atoms with van der Waals surface area (Å²) in [5.41, 5.74) is 0.932. The monoisotopic (exact) mass is 327 g/mol. The Hall–Kier alpha value is -1.90. The Bertz CT molecular complexity index is 735. The van der Waals surface area contributed by atoms with Crippen LogP contribution in [0.25, 0.3) is 0 Å². The fourth-order valence-electron chi connectivity index (χ4n) is 1.51. The minimum atomic E-state index is -3.93. The van der Waals surface area contributed by atoms with E-state index in [1.165, 1.54) is 36.4 Å². The first-order valence-electron chi connectivity index (χ1n) is 5.76. The first-order valence-corrected chi connectivity index (χ1v) is 8.16. The van der Waals surface area contributed by atoms with Crippen molar-refractivity contribution in [3.05, 3.63) is 54.1 Å². The van der Waals surface area contributed by atoms with Crippen LogP contribution in [0, 0.1) is 6.92 Å². The molecular formula is C13H11O6S2-. The second kappa shape index (κ2) is 6.25. The van der Waals surface area contributed by atoms with Gasteiger partial charge in [0.2, 0.25) is 0 Å². The third kappa shape index (κ3) is 4.28. The summed E-state index contributed by atoms with van der Waals surface area (Å²) < 4.78 is 54.1. The fourth-order valence-corrected chi connectivity index (χ4v) is 2.71. The molecule has 1 unspecified atom stereocenters. The van der Waals surface area contributed by atoms with Crippen molar-refractivity contribution in [2.24, 2.45) is 0 Å². The average Bonchev–Trinajstić information content (AvgIpc) is 2.40. The number of benzene rings is 2. The highest BCUT2D eigenvalue weighted by Gasteiger charge is 2.16. The Morgan fingerprint density at radius 2 is 1.48 bits per heavy atom. The van der Waals surface area contributed by atoms with E-state index in [0.29, 0.717) is 0 Å². The van der Waals surface area contributed by atoms with Crippen LogP contribution in [0.2, 0.25) is 0 Å². The summed E-state index contributed by atoms with van der Waals surface area (Å²) in [5, 5.41) is 0. The third-order valence-electron chi connectivity index (χ3n) is 2.50. The standard InChI is InChI=1S/C13H12O6S2/c1-10-2-8-13(9-3-10)21(16,17)19-12-6-4-11(5-7-12)18-20(14)15/h2-9H,1H3,(H,14,15)/p-1. The predicted octanol–water partition coefficient (Wildman–Crippen LogP) is 1.94. The van der Waals surface area contributed by atoms with Crippen LogP contribution in [-0.4, -0.2) is 17.2 Å². The van der Waals surface area contributed by atoms with Crippen LogP contribution in [0.5, 0.6) is 11.5 Å². The molecule has 0 radical (unpaired) electrons. The van der Waals surface area contributed by atoms with E-state index in [1.54, 1.807) is 12.1 Å². The third-order valence-corrected chi connectivity index (χ3v) is 4.09. The molecule has 2 rings (SSSR count). The molecule has 0 aromatic heterocycles. The van der Waals surface area contributed by atoms with E-state index in [4.69, 9.17) is 4.18 Å². The molecule has 2 aromatic rings. The largest absolute Gasteiger partial charge is 0.740 e. The Morgan fingerprint density at radius 3 is 2.00 bits per heavy atom. The zero-order chi connectivity index (χ0) is 15.5. The molecule has 2 aromatic carbocycles. The second-order valence-electron chi connectivity index (χ2n) is 4.11. The Labute approximate surface area is 125 Å². The highest BCUT2D eigenvalue weighted by Crippen LogP contribution is 2.22. The number of hydrogen-bond acceptors (Lipinski definition) is 6. The molecule has 21 heavy (non-hydrogen) atoms. The summed E-state index contributed by atoms with van der Waals surface area (Å²) in [6.07, 6.45) is 0. The van der Waals surface area contributed by atoms with Crippen LogP contribution < -0.4 is 8.37 Å². The van der Waals surface area contributed by atoms with Crippen molar-refractivity contribution in [1.82, 2.24) is 0 Å².